The molecule has 0 aromatic carbocycles. The smallest absolute Gasteiger partial charge is 0.205 e. The molecule has 4 heteroatoms. The SMILES string of the molecule is NCC#Cc1ncc(F)cn1. The lowest BCUT2D eigenvalue weighted by Gasteiger charge is -1.86. The van der Waals surface area contributed by atoms with Crippen LogP contribution in [0.15, 0.2) is 12.4 Å². The number of nitrogens with two attached hydrogens (primary N) is 1. The van der Waals surface area contributed by atoms with Crippen molar-refractivity contribution < 1.29 is 4.39 Å². The van der Waals surface area contributed by atoms with E-state index in [0.717, 1.165) is 12.4 Å². The van der Waals surface area contributed by atoms with E-state index in [4.69, 9.17) is 5.73 Å². The zero-order valence-electron chi connectivity index (χ0n) is 5.71. The molecule has 0 fully saturated rings. The highest BCUT2D eigenvalue weighted by Crippen LogP contribution is 1.90. The monoisotopic (exact) mass is 151 g/mol. The van der Waals surface area contributed by atoms with Gasteiger partial charge in [0.15, 0.2) is 5.82 Å². The predicted octanol–water partition coefficient (Wildman–Crippen LogP) is -0.0741. The van der Waals surface area contributed by atoms with Gasteiger partial charge in [-0.05, 0) is 5.92 Å². The quantitative estimate of drug-likeness (QED) is 0.528. The minimum absolute atomic E-state index is 0.251. The van der Waals surface area contributed by atoms with Crippen LogP contribution < -0.4 is 5.73 Å². The maximum atomic E-state index is 12.2. The summed E-state index contributed by atoms with van der Waals surface area (Å²) < 4.78 is 12.2. The lowest BCUT2D eigenvalue weighted by molar-refractivity contribution is 0.612. The average Bonchev–Trinajstić information content (AvgIpc) is 2.04. The van der Waals surface area contributed by atoms with Crippen LogP contribution in [0.1, 0.15) is 5.82 Å². The second kappa shape index (κ2) is 3.64. The second-order valence-corrected chi connectivity index (χ2v) is 1.73. The van der Waals surface area contributed by atoms with Gasteiger partial charge in [0.2, 0.25) is 5.82 Å². The number of nitrogens with zero attached hydrogens (tertiary/aromatic N) is 2. The first-order valence-electron chi connectivity index (χ1n) is 2.99. The van der Waals surface area contributed by atoms with Gasteiger partial charge in [-0.1, -0.05) is 5.92 Å². The van der Waals surface area contributed by atoms with E-state index in [0.29, 0.717) is 0 Å². The van der Waals surface area contributed by atoms with Crippen molar-refractivity contribution in [3.8, 4) is 11.8 Å². The predicted molar refractivity (Wildman–Crippen MR) is 37.9 cm³/mol. The number of halogens is 1. The van der Waals surface area contributed by atoms with Crippen LogP contribution in [0.5, 0.6) is 0 Å². The van der Waals surface area contributed by atoms with Crippen molar-refractivity contribution in [2.75, 3.05) is 6.54 Å². The van der Waals surface area contributed by atoms with Crippen LogP contribution in [0.4, 0.5) is 4.39 Å². The minimum atomic E-state index is -0.469. The van der Waals surface area contributed by atoms with E-state index in [1.54, 1.807) is 0 Å². The van der Waals surface area contributed by atoms with Gasteiger partial charge in [-0.25, -0.2) is 14.4 Å². The van der Waals surface area contributed by atoms with E-state index in [2.05, 4.69) is 21.8 Å². The first kappa shape index (κ1) is 7.63. The first-order valence-corrected chi connectivity index (χ1v) is 2.99. The summed E-state index contributed by atoms with van der Waals surface area (Å²) in [6.07, 6.45) is 2.13. The Labute approximate surface area is 63.5 Å². The molecule has 0 saturated heterocycles. The molecule has 3 nitrogen and oxygen atoms in total. The molecule has 56 valence electrons. The lowest BCUT2D eigenvalue weighted by Crippen LogP contribution is -1.94. The Morgan fingerprint density at radius 1 is 1.45 bits per heavy atom. The highest BCUT2D eigenvalue weighted by molar-refractivity contribution is 5.19. The highest BCUT2D eigenvalue weighted by atomic mass is 19.1. The van der Waals surface area contributed by atoms with Crippen molar-refractivity contribution in [1.29, 1.82) is 0 Å². The van der Waals surface area contributed by atoms with Crippen LogP contribution in [0, 0.1) is 17.7 Å². The fourth-order valence-electron chi connectivity index (χ4n) is 0.507. The standard InChI is InChI=1S/C7H6FN3/c8-6-4-10-7(11-5-6)2-1-3-9/h4-5H,3,9H2. The number of rotatable bonds is 0. The molecule has 0 bridgehead atoms. The van der Waals surface area contributed by atoms with Crippen LogP contribution in [0.25, 0.3) is 0 Å². The third-order valence-corrected chi connectivity index (χ3v) is 0.923. The van der Waals surface area contributed by atoms with Gasteiger partial charge in [0.05, 0.1) is 18.9 Å². The van der Waals surface area contributed by atoms with Gasteiger partial charge < -0.3 is 5.73 Å². The van der Waals surface area contributed by atoms with E-state index in [1.807, 2.05) is 0 Å². The van der Waals surface area contributed by atoms with Crippen molar-refractivity contribution >= 4 is 0 Å². The molecule has 0 aliphatic carbocycles. The van der Waals surface area contributed by atoms with Crippen molar-refractivity contribution in [3.63, 3.8) is 0 Å². The zero-order valence-corrected chi connectivity index (χ0v) is 5.71. The molecule has 0 aliphatic rings. The van der Waals surface area contributed by atoms with Crippen LogP contribution in [-0.2, 0) is 0 Å². The van der Waals surface area contributed by atoms with Crippen molar-refractivity contribution in [2.24, 2.45) is 5.73 Å². The molecule has 0 unspecified atom stereocenters. The van der Waals surface area contributed by atoms with Crippen LogP contribution in [-0.4, -0.2) is 16.5 Å². The number of hydrogen-bond acceptors (Lipinski definition) is 3. The fraction of sp³-hybridized carbons (Fsp3) is 0.143. The number of aromatic nitrogens is 2. The van der Waals surface area contributed by atoms with E-state index in [-0.39, 0.29) is 12.4 Å². The van der Waals surface area contributed by atoms with Crippen LogP contribution in [0.2, 0.25) is 0 Å². The molecule has 0 atom stereocenters. The normalized spacial score (nSPS) is 8.55. The van der Waals surface area contributed by atoms with Gasteiger partial charge in [-0.2, -0.15) is 0 Å². The van der Waals surface area contributed by atoms with Crippen molar-refractivity contribution in [3.05, 3.63) is 24.0 Å². The Hall–Kier alpha value is -1.47. The Bertz CT molecular complexity index is 283. The van der Waals surface area contributed by atoms with Crippen LogP contribution in [0.3, 0.4) is 0 Å². The lowest BCUT2D eigenvalue weighted by atomic mass is 10.5. The van der Waals surface area contributed by atoms with Gasteiger partial charge in [-0.15, -0.1) is 0 Å². The molecule has 1 rings (SSSR count). The molecule has 1 aromatic heterocycles. The maximum absolute atomic E-state index is 12.2. The fourth-order valence-corrected chi connectivity index (χ4v) is 0.507. The summed E-state index contributed by atoms with van der Waals surface area (Å²) in [4.78, 5) is 7.20. The largest absolute Gasteiger partial charge is 0.320 e. The Morgan fingerprint density at radius 3 is 2.64 bits per heavy atom. The Morgan fingerprint density at radius 2 is 2.09 bits per heavy atom. The third kappa shape index (κ3) is 2.32. The molecular formula is C7H6FN3. The summed E-state index contributed by atoms with van der Waals surface area (Å²) in [5.74, 6) is 4.94. The maximum Gasteiger partial charge on any atom is 0.205 e. The van der Waals surface area contributed by atoms with E-state index in [9.17, 15) is 4.39 Å². The minimum Gasteiger partial charge on any atom is -0.320 e. The summed E-state index contributed by atoms with van der Waals surface area (Å²) in [7, 11) is 0. The molecular weight excluding hydrogens is 145 g/mol. The van der Waals surface area contributed by atoms with E-state index < -0.39 is 5.82 Å². The molecule has 0 saturated carbocycles. The summed E-state index contributed by atoms with van der Waals surface area (Å²) >= 11 is 0. The van der Waals surface area contributed by atoms with Crippen molar-refractivity contribution in [2.45, 2.75) is 0 Å². The average molecular weight is 151 g/mol. The number of hydrogen-bond donors (Lipinski definition) is 1. The molecule has 2 N–H and O–H groups in total. The third-order valence-electron chi connectivity index (χ3n) is 0.923. The summed E-state index contributed by atoms with van der Waals surface area (Å²) in [5.41, 5.74) is 5.10. The molecule has 1 aromatic rings. The summed E-state index contributed by atoms with van der Waals surface area (Å²) in [6.45, 7) is 0.251. The van der Waals surface area contributed by atoms with Crippen LogP contribution >= 0.6 is 0 Å². The molecule has 0 spiro atoms. The zero-order chi connectivity index (χ0) is 8.10. The molecule has 0 aliphatic heterocycles. The van der Waals surface area contributed by atoms with Gasteiger partial charge in [0.25, 0.3) is 0 Å². The molecule has 0 amide bonds. The van der Waals surface area contributed by atoms with E-state index >= 15 is 0 Å². The molecule has 11 heavy (non-hydrogen) atoms. The highest BCUT2D eigenvalue weighted by Gasteiger charge is 1.90. The molecule has 1 heterocycles. The Balaban J connectivity index is 2.82. The van der Waals surface area contributed by atoms with E-state index in [1.165, 1.54) is 0 Å². The van der Waals surface area contributed by atoms with Gasteiger partial charge in [0, 0.05) is 0 Å². The van der Waals surface area contributed by atoms with Gasteiger partial charge in [0.1, 0.15) is 0 Å². The van der Waals surface area contributed by atoms with Gasteiger partial charge in [-0.3, -0.25) is 0 Å². The summed E-state index contributed by atoms with van der Waals surface area (Å²) in [5, 5.41) is 0. The topological polar surface area (TPSA) is 51.8 Å². The Kier molecular flexibility index (Phi) is 2.53. The second-order valence-electron chi connectivity index (χ2n) is 1.73. The molecule has 0 radical (unpaired) electrons. The van der Waals surface area contributed by atoms with Gasteiger partial charge >= 0.3 is 0 Å². The summed E-state index contributed by atoms with van der Waals surface area (Å²) in [6, 6.07) is 0. The first-order chi connectivity index (χ1) is 5.33. The van der Waals surface area contributed by atoms with Crippen molar-refractivity contribution in [1.82, 2.24) is 9.97 Å².